The predicted octanol–water partition coefficient (Wildman–Crippen LogP) is 1.87. The molecule has 1 aromatic carbocycles. The summed E-state index contributed by atoms with van der Waals surface area (Å²) in [7, 11) is 1.27. The Balaban J connectivity index is 2.20. The van der Waals surface area contributed by atoms with Gasteiger partial charge in [0.1, 0.15) is 6.54 Å². The molecule has 0 saturated carbocycles. The van der Waals surface area contributed by atoms with Gasteiger partial charge in [-0.05, 0) is 43.5 Å². The van der Waals surface area contributed by atoms with Crippen molar-refractivity contribution in [2.45, 2.75) is 27.3 Å². The van der Waals surface area contributed by atoms with E-state index >= 15 is 0 Å². The first-order valence-electron chi connectivity index (χ1n) is 6.52. The molecular weight excluding hydrogens is 270 g/mol. The summed E-state index contributed by atoms with van der Waals surface area (Å²) in [5.41, 5.74) is 3.89. The average molecular weight is 287 g/mol. The van der Waals surface area contributed by atoms with Crippen LogP contribution in [0.2, 0.25) is 0 Å². The Bertz CT molecular complexity index is 704. The van der Waals surface area contributed by atoms with Crippen LogP contribution in [0, 0.1) is 20.8 Å². The Hall–Kier alpha value is -2.50. The van der Waals surface area contributed by atoms with Crippen LogP contribution >= 0.6 is 0 Å². The molecular formula is C15H17N3O3. The minimum absolute atomic E-state index is 0.0351. The lowest BCUT2D eigenvalue weighted by molar-refractivity contribution is 0.0593. The number of methoxy groups -OCH3 is 1. The number of Topliss-reactive ketones (excluding diaryl/α,β-unsaturated/α-hetero) is 1. The Labute approximate surface area is 122 Å². The maximum atomic E-state index is 12.3. The SMILES string of the molecule is COC(=O)c1cn(CC(=O)c2cc(C)c(C)cc2C)nn1. The van der Waals surface area contributed by atoms with Gasteiger partial charge in [-0.1, -0.05) is 11.3 Å². The summed E-state index contributed by atoms with van der Waals surface area (Å²) in [5, 5.41) is 7.44. The standard InChI is InChI=1S/C15H17N3O3/c1-9-5-11(3)12(6-10(9)2)14(19)8-18-7-13(16-17-18)15(20)21-4/h5-7H,8H2,1-4H3. The van der Waals surface area contributed by atoms with Crippen molar-refractivity contribution in [3.63, 3.8) is 0 Å². The Kier molecular flexibility index (Phi) is 4.16. The van der Waals surface area contributed by atoms with E-state index in [9.17, 15) is 9.59 Å². The molecule has 0 spiro atoms. The highest BCUT2D eigenvalue weighted by Gasteiger charge is 2.15. The first-order chi connectivity index (χ1) is 9.92. The highest BCUT2D eigenvalue weighted by Crippen LogP contribution is 2.16. The molecule has 0 atom stereocenters. The number of nitrogens with zero attached hydrogens (tertiary/aromatic N) is 3. The molecule has 6 heteroatoms. The number of rotatable bonds is 4. The summed E-state index contributed by atoms with van der Waals surface area (Å²) in [6.45, 7) is 5.92. The van der Waals surface area contributed by atoms with E-state index in [1.165, 1.54) is 18.0 Å². The van der Waals surface area contributed by atoms with Gasteiger partial charge in [0.15, 0.2) is 11.5 Å². The zero-order valence-corrected chi connectivity index (χ0v) is 12.5. The molecule has 0 fully saturated rings. The molecule has 0 N–H and O–H groups in total. The quantitative estimate of drug-likeness (QED) is 0.634. The highest BCUT2D eigenvalue weighted by molar-refractivity contribution is 5.97. The van der Waals surface area contributed by atoms with Crippen LogP contribution < -0.4 is 0 Å². The molecule has 0 radical (unpaired) electrons. The van der Waals surface area contributed by atoms with Gasteiger partial charge in [0, 0.05) is 5.56 Å². The largest absolute Gasteiger partial charge is 0.464 e. The van der Waals surface area contributed by atoms with Crippen LogP contribution in [-0.2, 0) is 11.3 Å². The molecule has 0 aliphatic heterocycles. The lowest BCUT2D eigenvalue weighted by Gasteiger charge is -2.08. The smallest absolute Gasteiger partial charge is 0.360 e. The monoisotopic (exact) mass is 287 g/mol. The van der Waals surface area contributed by atoms with Crippen LogP contribution in [0.4, 0.5) is 0 Å². The van der Waals surface area contributed by atoms with Gasteiger partial charge < -0.3 is 4.74 Å². The number of carbonyl (C=O) groups excluding carboxylic acids is 2. The van der Waals surface area contributed by atoms with Gasteiger partial charge in [0.2, 0.25) is 0 Å². The molecule has 0 saturated heterocycles. The minimum atomic E-state index is -0.573. The molecule has 110 valence electrons. The predicted molar refractivity (Wildman–Crippen MR) is 76.3 cm³/mol. The van der Waals surface area contributed by atoms with E-state index < -0.39 is 5.97 Å². The highest BCUT2D eigenvalue weighted by atomic mass is 16.5. The third kappa shape index (κ3) is 3.16. The summed E-state index contributed by atoms with van der Waals surface area (Å²) in [5.74, 6) is -0.645. The molecule has 1 aromatic heterocycles. The fraction of sp³-hybridized carbons (Fsp3) is 0.333. The minimum Gasteiger partial charge on any atom is -0.464 e. The number of carbonyl (C=O) groups is 2. The number of hydrogen-bond donors (Lipinski definition) is 0. The van der Waals surface area contributed by atoms with Crippen LogP contribution in [0.25, 0.3) is 0 Å². The van der Waals surface area contributed by atoms with E-state index in [1.807, 2.05) is 32.9 Å². The van der Waals surface area contributed by atoms with Gasteiger partial charge in [0.05, 0.1) is 13.3 Å². The molecule has 0 amide bonds. The van der Waals surface area contributed by atoms with Crippen molar-refractivity contribution in [3.8, 4) is 0 Å². The van der Waals surface area contributed by atoms with Crippen molar-refractivity contribution >= 4 is 11.8 Å². The third-order valence-corrected chi connectivity index (χ3v) is 3.38. The Morgan fingerprint density at radius 2 is 1.81 bits per heavy atom. The Morgan fingerprint density at radius 3 is 2.48 bits per heavy atom. The van der Waals surface area contributed by atoms with E-state index in [1.54, 1.807) is 0 Å². The van der Waals surface area contributed by atoms with Crippen LogP contribution in [-0.4, -0.2) is 33.9 Å². The van der Waals surface area contributed by atoms with Gasteiger partial charge in [-0.2, -0.15) is 0 Å². The van der Waals surface area contributed by atoms with Gasteiger partial charge in [-0.25, -0.2) is 9.48 Å². The normalized spacial score (nSPS) is 10.5. The second-order valence-corrected chi connectivity index (χ2v) is 4.97. The van der Waals surface area contributed by atoms with Crippen LogP contribution in [0.15, 0.2) is 18.3 Å². The van der Waals surface area contributed by atoms with Crippen molar-refractivity contribution in [1.29, 1.82) is 0 Å². The summed E-state index contributed by atoms with van der Waals surface area (Å²) >= 11 is 0. The maximum Gasteiger partial charge on any atom is 0.360 e. The van der Waals surface area contributed by atoms with Gasteiger partial charge >= 0.3 is 5.97 Å². The number of benzene rings is 1. The topological polar surface area (TPSA) is 74.1 Å². The first kappa shape index (κ1) is 14.9. The molecule has 2 rings (SSSR count). The fourth-order valence-electron chi connectivity index (χ4n) is 2.07. The van der Waals surface area contributed by atoms with Crippen molar-refractivity contribution < 1.29 is 14.3 Å². The number of ether oxygens (including phenoxy) is 1. The molecule has 1 heterocycles. The summed E-state index contributed by atoms with van der Waals surface area (Å²) in [6, 6.07) is 3.87. The molecule has 0 aliphatic carbocycles. The van der Waals surface area contributed by atoms with Gasteiger partial charge in [-0.15, -0.1) is 5.10 Å². The second kappa shape index (κ2) is 5.87. The van der Waals surface area contributed by atoms with E-state index in [4.69, 9.17) is 0 Å². The molecule has 21 heavy (non-hydrogen) atoms. The fourth-order valence-corrected chi connectivity index (χ4v) is 2.07. The van der Waals surface area contributed by atoms with E-state index in [0.29, 0.717) is 5.56 Å². The van der Waals surface area contributed by atoms with Crippen molar-refractivity contribution in [2.24, 2.45) is 0 Å². The van der Waals surface area contributed by atoms with Crippen molar-refractivity contribution in [1.82, 2.24) is 15.0 Å². The number of aromatic nitrogens is 3. The first-order valence-corrected chi connectivity index (χ1v) is 6.52. The number of esters is 1. The molecule has 6 nitrogen and oxygen atoms in total. The van der Waals surface area contributed by atoms with E-state index in [2.05, 4.69) is 15.0 Å². The lowest BCUT2D eigenvalue weighted by Crippen LogP contribution is -2.13. The molecule has 0 aliphatic rings. The lowest BCUT2D eigenvalue weighted by atomic mass is 9.98. The van der Waals surface area contributed by atoms with E-state index in [-0.39, 0.29) is 18.0 Å². The molecule has 0 unspecified atom stereocenters. The van der Waals surface area contributed by atoms with Crippen LogP contribution in [0.3, 0.4) is 0 Å². The summed E-state index contributed by atoms with van der Waals surface area (Å²) in [4.78, 5) is 23.6. The van der Waals surface area contributed by atoms with Gasteiger partial charge in [-0.3, -0.25) is 4.79 Å². The summed E-state index contributed by atoms with van der Waals surface area (Å²) < 4.78 is 5.88. The Morgan fingerprint density at radius 1 is 1.14 bits per heavy atom. The number of hydrogen-bond acceptors (Lipinski definition) is 5. The van der Waals surface area contributed by atoms with Crippen molar-refractivity contribution in [3.05, 3.63) is 46.3 Å². The number of aryl methyl sites for hydroxylation is 3. The summed E-state index contributed by atoms with van der Waals surface area (Å²) in [6.07, 6.45) is 1.40. The van der Waals surface area contributed by atoms with Gasteiger partial charge in [0.25, 0.3) is 0 Å². The molecule has 2 aromatic rings. The number of ketones is 1. The second-order valence-electron chi connectivity index (χ2n) is 4.97. The maximum absolute atomic E-state index is 12.3. The zero-order valence-electron chi connectivity index (χ0n) is 12.5. The average Bonchev–Trinajstić information content (AvgIpc) is 2.90. The van der Waals surface area contributed by atoms with Crippen molar-refractivity contribution in [2.75, 3.05) is 7.11 Å². The van der Waals surface area contributed by atoms with Crippen LogP contribution in [0.5, 0.6) is 0 Å². The van der Waals surface area contributed by atoms with Crippen LogP contribution in [0.1, 0.15) is 37.5 Å². The molecule has 0 bridgehead atoms. The zero-order chi connectivity index (χ0) is 15.6. The van der Waals surface area contributed by atoms with E-state index in [0.717, 1.165) is 16.7 Å². The third-order valence-electron chi connectivity index (χ3n) is 3.38.